The Hall–Kier alpha value is -1.13. The zero-order valence-electron chi connectivity index (χ0n) is 8.18. The average Bonchev–Trinajstić information content (AvgIpc) is 2.71. The summed E-state index contributed by atoms with van der Waals surface area (Å²) in [5.41, 5.74) is 7.18. The Labute approximate surface area is 97.0 Å². The summed E-state index contributed by atoms with van der Waals surface area (Å²) in [7, 11) is 0. The Morgan fingerprint density at radius 2 is 2.07 bits per heavy atom. The Kier molecular flexibility index (Phi) is 3.18. The van der Waals surface area contributed by atoms with Gasteiger partial charge in [0.2, 0.25) is 0 Å². The van der Waals surface area contributed by atoms with Crippen LogP contribution in [0.4, 0.5) is 0 Å². The lowest BCUT2D eigenvalue weighted by molar-refractivity contribution is 0.528. The largest absolute Gasteiger partial charge is 0.322 e. The molecule has 4 heteroatoms. The average molecular weight is 266 g/mol. The molecular weight excluding hydrogens is 254 g/mol. The Morgan fingerprint density at radius 3 is 2.67 bits per heavy atom. The summed E-state index contributed by atoms with van der Waals surface area (Å²) >= 11 is 3.40. The highest BCUT2D eigenvalue weighted by Crippen LogP contribution is 2.16. The van der Waals surface area contributed by atoms with E-state index in [-0.39, 0.29) is 6.04 Å². The van der Waals surface area contributed by atoms with Gasteiger partial charge in [-0.2, -0.15) is 5.10 Å². The van der Waals surface area contributed by atoms with Crippen LogP contribution in [0.3, 0.4) is 0 Å². The third kappa shape index (κ3) is 2.67. The monoisotopic (exact) mass is 265 g/mol. The smallest absolute Gasteiger partial charge is 0.0602 e. The molecule has 1 aromatic carbocycles. The van der Waals surface area contributed by atoms with Crippen molar-refractivity contribution in [3.05, 3.63) is 52.8 Å². The maximum atomic E-state index is 6.06. The van der Waals surface area contributed by atoms with Gasteiger partial charge in [-0.05, 0) is 23.8 Å². The number of halogens is 1. The van der Waals surface area contributed by atoms with Crippen molar-refractivity contribution in [1.29, 1.82) is 0 Å². The standard InChI is InChI=1S/C11H12BrN3/c12-10-4-2-9(3-5-10)11(13)8-15-7-1-6-14-15/h1-7,11H,8,13H2. The molecule has 78 valence electrons. The molecule has 1 heterocycles. The normalized spacial score (nSPS) is 12.7. The van der Waals surface area contributed by atoms with Gasteiger partial charge in [-0.15, -0.1) is 0 Å². The van der Waals surface area contributed by atoms with Gasteiger partial charge >= 0.3 is 0 Å². The summed E-state index contributed by atoms with van der Waals surface area (Å²) in [6, 6.07) is 9.93. The Bertz CT molecular complexity index is 408. The van der Waals surface area contributed by atoms with Crippen molar-refractivity contribution in [1.82, 2.24) is 9.78 Å². The predicted octanol–water partition coefficient (Wildman–Crippen LogP) is 2.35. The first kappa shape index (κ1) is 10.4. The van der Waals surface area contributed by atoms with Gasteiger partial charge in [0.1, 0.15) is 0 Å². The molecule has 0 aliphatic heterocycles. The van der Waals surface area contributed by atoms with Crippen LogP contribution in [0.15, 0.2) is 47.2 Å². The van der Waals surface area contributed by atoms with Gasteiger partial charge < -0.3 is 5.73 Å². The van der Waals surface area contributed by atoms with E-state index in [1.807, 2.05) is 41.2 Å². The van der Waals surface area contributed by atoms with E-state index in [1.165, 1.54) is 0 Å². The van der Waals surface area contributed by atoms with E-state index < -0.39 is 0 Å². The molecule has 0 amide bonds. The lowest BCUT2D eigenvalue weighted by atomic mass is 10.1. The first-order valence-electron chi connectivity index (χ1n) is 4.74. The van der Waals surface area contributed by atoms with Crippen molar-refractivity contribution < 1.29 is 0 Å². The fourth-order valence-corrected chi connectivity index (χ4v) is 1.69. The third-order valence-corrected chi connectivity index (χ3v) is 2.77. The van der Waals surface area contributed by atoms with Crippen molar-refractivity contribution in [2.24, 2.45) is 5.73 Å². The lowest BCUT2D eigenvalue weighted by Gasteiger charge is -2.11. The third-order valence-electron chi connectivity index (χ3n) is 2.24. The molecule has 1 unspecified atom stereocenters. The fourth-order valence-electron chi connectivity index (χ4n) is 1.43. The highest BCUT2D eigenvalue weighted by molar-refractivity contribution is 9.10. The Morgan fingerprint density at radius 1 is 1.33 bits per heavy atom. The lowest BCUT2D eigenvalue weighted by Crippen LogP contribution is -2.17. The van der Waals surface area contributed by atoms with Crippen LogP contribution in [-0.4, -0.2) is 9.78 Å². The van der Waals surface area contributed by atoms with Crippen LogP contribution >= 0.6 is 15.9 Å². The van der Waals surface area contributed by atoms with Crippen molar-refractivity contribution in [3.63, 3.8) is 0 Å². The van der Waals surface area contributed by atoms with Crippen LogP contribution in [-0.2, 0) is 6.54 Å². The number of nitrogens with zero attached hydrogens (tertiary/aromatic N) is 2. The minimum atomic E-state index is -0.0157. The maximum Gasteiger partial charge on any atom is 0.0602 e. The molecule has 3 nitrogen and oxygen atoms in total. The van der Waals surface area contributed by atoms with Crippen molar-refractivity contribution >= 4 is 15.9 Å². The highest BCUT2D eigenvalue weighted by Gasteiger charge is 2.06. The van der Waals surface area contributed by atoms with Crippen LogP contribution in [0, 0.1) is 0 Å². The molecule has 0 aliphatic carbocycles. The summed E-state index contributed by atoms with van der Waals surface area (Å²) < 4.78 is 2.91. The van der Waals surface area contributed by atoms with E-state index in [9.17, 15) is 0 Å². The molecule has 0 bridgehead atoms. The van der Waals surface area contributed by atoms with Gasteiger partial charge in [0.25, 0.3) is 0 Å². The Balaban J connectivity index is 2.08. The molecule has 0 aliphatic rings. The first-order chi connectivity index (χ1) is 7.25. The van der Waals surface area contributed by atoms with Crippen LogP contribution in [0.1, 0.15) is 11.6 Å². The number of hydrogen-bond donors (Lipinski definition) is 1. The molecular formula is C11H12BrN3. The summed E-state index contributed by atoms with van der Waals surface area (Å²) in [5, 5.41) is 4.13. The number of benzene rings is 1. The van der Waals surface area contributed by atoms with Crippen LogP contribution in [0.5, 0.6) is 0 Å². The van der Waals surface area contributed by atoms with Gasteiger partial charge in [0, 0.05) is 22.9 Å². The minimum absolute atomic E-state index is 0.0157. The maximum absolute atomic E-state index is 6.06. The molecule has 0 fully saturated rings. The first-order valence-corrected chi connectivity index (χ1v) is 5.53. The molecule has 15 heavy (non-hydrogen) atoms. The quantitative estimate of drug-likeness (QED) is 0.926. The number of rotatable bonds is 3. The van der Waals surface area contributed by atoms with Gasteiger partial charge in [-0.3, -0.25) is 4.68 Å². The van der Waals surface area contributed by atoms with Gasteiger partial charge in [-0.1, -0.05) is 28.1 Å². The molecule has 0 radical (unpaired) electrons. The van der Waals surface area contributed by atoms with Crippen molar-refractivity contribution in [3.8, 4) is 0 Å². The zero-order valence-corrected chi connectivity index (χ0v) is 9.76. The van der Waals surface area contributed by atoms with E-state index in [0.717, 1.165) is 10.0 Å². The van der Waals surface area contributed by atoms with E-state index >= 15 is 0 Å². The molecule has 0 saturated heterocycles. The van der Waals surface area contributed by atoms with Crippen LogP contribution < -0.4 is 5.73 Å². The SMILES string of the molecule is NC(Cn1cccn1)c1ccc(Br)cc1. The minimum Gasteiger partial charge on any atom is -0.322 e. The fraction of sp³-hybridized carbons (Fsp3) is 0.182. The van der Waals surface area contributed by atoms with Crippen LogP contribution in [0.25, 0.3) is 0 Å². The van der Waals surface area contributed by atoms with E-state index in [4.69, 9.17) is 5.73 Å². The van der Waals surface area contributed by atoms with E-state index in [1.54, 1.807) is 6.20 Å². The molecule has 2 rings (SSSR count). The molecule has 2 N–H and O–H groups in total. The van der Waals surface area contributed by atoms with Gasteiger partial charge in [0.05, 0.1) is 6.54 Å². The zero-order chi connectivity index (χ0) is 10.7. The second kappa shape index (κ2) is 4.59. The van der Waals surface area contributed by atoms with E-state index in [0.29, 0.717) is 6.54 Å². The van der Waals surface area contributed by atoms with E-state index in [2.05, 4.69) is 21.0 Å². The van der Waals surface area contributed by atoms with Gasteiger partial charge in [0.15, 0.2) is 0 Å². The molecule has 1 aromatic heterocycles. The molecule has 1 atom stereocenters. The second-order valence-electron chi connectivity index (χ2n) is 3.39. The van der Waals surface area contributed by atoms with Crippen molar-refractivity contribution in [2.75, 3.05) is 0 Å². The van der Waals surface area contributed by atoms with Crippen molar-refractivity contribution in [2.45, 2.75) is 12.6 Å². The molecule has 0 spiro atoms. The molecule has 0 saturated carbocycles. The summed E-state index contributed by atoms with van der Waals surface area (Å²) in [4.78, 5) is 0. The predicted molar refractivity (Wildman–Crippen MR) is 63.3 cm³/mol. The number of aromatic nitrogens is 2. The number of nitrogens with two attached hydrogens (primary N) is 1. The van der Waals surface area contributed by atoms with Crippen LogP contribution in [0.2, 0.25) is 0 Å². The summed E-state index contributed by atoms with van der Waals surface area (Å²) in [6.07, 6.45) is 3.67. The van der Waals surface area contributed by atoms with Gasteiger partial charge in [-0.25, -0.2) is 0 Å². The second-order valence-corrected chi connectivity index (χ2v) is 4.30. The summed E-state index contributed by atoms with van der Waals surface area (Å²) in [5.74, 6) is 0. The summed E-state index contributed by atoms with van der Waals surface area (Å²) in [6.45, 7) is 0.703. The topological polar surface area (TPSA) is 43.8 Å². The highest BCUT2D eigenvalue weighted by atomic mass is 79.9. The molecule has 2 aromatic rings. The number of hydrogen-bond acceptors (Lipinski definition) is 2.